The van der Waals surface area contributed by atoms with Gasteiger partial charge < -0.3 is 10.2 Å². The molecule has 1 aromatic rings. The third kappa shape index (κ3) is 4.50. The number of nitriles is 1. The zero-order valence-corrected chi connectivity index (χ0v) is 12.6. The van der Waals surface area contributed by atoms with Gasteiger partial charge in [-0.3, -0.25) is 0 Å². The van der Waals surface area contributed by atoms with E-state index < -0.39 is 0 Å². The maximum atomic E-state index is 13.6. The van der Waals surface area contributed by atoms with Gasteiger partial charge in [0.05, 0.1) is 12.5 Å². The normalized spacial score (nSPS) is 11.9. The predicted octanol–water partition coefficient (Wildman–Crippen LogP) is 3.63. The molecule has 3 nitrogen and oxygen atoms in total. The van der Waals surface area contributed by atoms with Crippen molar-refractivity contribution in [3.05, 3.63) is 29.6 Å². The third-order valence-electron chi connectivity index (χ3n) is 3.37. The molecular weight excluding hydrogens is 253 g/mol. The minimum atomic E-state index is -0.217. The number of nitrogens with zero attached hydrogens (tertiary/aromatic N) is 2. The topological polar surface area (TPSA) is 39.1 Å². The van der Waals surface area contributed by atoms with Crippen LogP contribution in [0, 0.1) is 17.1 Å². The second-order valence-electron chi connectivity index (χ2n) is 4.87. The molecule has 0 saturated heterocycles. The quantitative estimate of drug-likeness (QED) is 0.788. The fraction of sp³-hybridized carbons (Fsp3) is 0.562. The average Bonchev–Trinajstić information content (AvgIpc) is 2.46. The van der Waals surface area contributed by atoms with Crippen molar-refractivity contribution in [2.75, 3.05) is 24.5 Å². The average molecular weight is 277 g/mol. The number of halogens is 1. The zero-order chi connectivity index (χ0) is 15.0. The van der Waals surface area contributed by atoms with Gasteiger partial charge in [0, 0.05) is 24.8 Å². The lowest BCUT2D eigenvalue weighted by atomic mass is 10.0. The van der Waals surface area contributed by atoms with Crippen LogP contribution in [0.3, 0.4) is 0 Å². The van der Waals surface area contributed by atoms with E-state index in [4.69, 9.17) is 5.26 Å². The molecule has 0 aliphatic rings. The van der Waals surface area contributed by atoms with Gasteiger partial charge in [0.15, 0.2) is 0 Å². The lowest BCUT2D eigenvalue weighted by molar-refractivity contribution is 0.560. The summed E-state index contributed by atoms with van der Waals surface area (Å²) < 4.78 is 13.6. The van der Waals surface area contributed by atoms with Crippen LogP contribution >= 0.6 is 0 Å². The maximum absolute atomic E-state index is 13.6. The van der Waals surface area contributed by atoms with Crippen molar-refractivity contribution in [1.82, 2.24) is 5.32 Å². The molecule has 1 atom stereocenters. The standard InChI is InChI=1S/C16H24FN3/c1-4-10-19-13(3)15-12-14(17)7-8-16(15)20(5-2)11-6-9-18/h7-8,12-13,19H,4-6,10-11H2,1-3H3. The molecule has 1 aromatic carbocycles. The Morgan fingerprint density at radius 1 is 1.40 bits per heavy atom. The zero-order valence-electron chi connectivity index (χ0n) is 12.6. The molecule has 0 fully saturated rings. The van der Waals surface area contributed by atoms with Crippen LogP contribution in [0.5, 0.6) is 0 Å². The van der Waals surface area contributed by atoms with E-state index >= 15 is 0 Å². The molecule has 0 aromatic heterocycles. The maximum Gasteiger partial charge on any atom is 0.123 e. The Labute approximate surface area is 121 Å². The first kappa shape index (κ1) is 16.5. The van der Waals surface area contributed by atoms with Gasteiger partial charge >= 0.3 is 0 Å². The first-order chi connectivity index (χ1) is 9.63. The van der Waals surface area contributed by atoms with E-state index in [0.717, 1.165) is 30.8 Å². The largest absolute Gasteiger partial charge is 0.371 e. The minimum absolute atomic E-state index is 0.0942. The number of rotatable bonds is 8. The SMILES string of the molecule is CCCNC(C)c1cc(F)ccc1N(CC)CCC#N. The molecule has 0 radical (unpaired) electrons. The van der Waals surface area contributed by atoms with Crippen molar-refractivity contribution in [3.63, 3.8) is 0 Å². The van der Waals surface area contributed by atoms with E-state index in [0.29, 0.717) is 13.0 Å². The summed E-state index contributed by atoms with van der Waals surface area (Å²) in [5.74, 6) is -0.217. The second kappa shape index (κ2) is 8.55. The molecule has 20 heavy (non-hydrogen) atoms. The highest BCUT2D eigenvalue weighted by atomic mass is 19.1. The minimum Gasteiger partial charge on any atom is -0.371 e. The Morgan fingerprint density at radius 3 is 2.75 bits per heavy atom. The van der Waals surface area contributed by atoms with E-state index in [1.807, 2.05) is 13.0 Å². The van der Waals surface area contributed by atoms with Gasteiger partial charge in [-0.1, -0.05) is 6.92 Å². The number of benzene rings is 1. The Hall–Kier alpha value is -1.60. The fourth-order valence-corrected chi connectivity index (χ4v) is 2.26. The molecule has 4 heteroatoms. The van der Waals surface area contributed by atoms with Crippen LogP contribution in [0.2, 0.25) is 0 Å². The first-order valence-electron chi connectivity index (χ1n) is 7.28. The van der Waals surface area contributed by atoms with Crippen LogP contribution < -0.4 is 10.2 Å². The molecular formula is C16H24FN3. The summed E-state index contributed by atoms with van der Waals surface area (Å²) in [6, 6.07) is 7.16. The molecule has 0 aliphatic heterocycles. The van der Waals surface area contributed by atoms with Crippen molar-refractivity contribution in [3.8, 4) is 6.07 Å². The van der Waals surface area contributed by atoms with Gasteiger partial charge in [0.1, 0.15) is 5.82 Å². The number of hydrogen-bond donors (Lipinski definition) is 1. The lowest BCUT2D eigenvalue weighted by Crippen LogP contribution is -2.27. The van der Waals surface area contributed by atoms with Crippen LogP contribution in [-0.4, -0.2) is 19.6 Å². The van der Waals surface area contributed by atoms with E-state index in [9.17, 15) is 4.39 Å². The highest BCUT2D eigenvalue weighted by Gasteiger charge is 2.15. The molecule has 0 amide bonds. The summed E-state index contributed by atoms with van der Waals surface area (Å²) in [4.78, 5) is 2.13. The monoisotopic (exact) mass is 277 g/mol. The summed E-state index contributed by atoms with van der Waals surface area (Å²) in [6.07, 6.45) is 1.52. The molecule has 1 unspecified atom stereocenters. The Bertz CT molecular complexity index is 454. The summed E-state index contributed by atoms with van der Waals surface area (Å²) in [5.41, 5.74) is 1.97. The van der Waals surface area contributed by atoms with Gasteiger partial charge in [-0.2, -0.15) is 5.26 Å². The summed E-state index contributed by atoms with van der Waals surface area (Å²) >= 11 is 0. The number of nitrogens with one attached hydrogen (secondary N) is 1. The third-order valence-corrected chi connectivity index (χ3v) is 3.37. The first-order valence-corrected chi connectivity index (χ1v) is 7.28. The van der Waals surface area contributed by atoms with Crippen molar-refractivity contribution in [1.29, 1.82) is 5.26 Å². The van der Waals surface area contributed by atoms with E-state index in [2.05, 4.69) is 30.1 Å². The van der Waals surface area contributed by atoms with Crippen molar-refractivity contribution < 1.29 is 4.39 Å². The second-order valence-corrected chi connectivity index (χ2v) is 4.87. The molecule has 110 valence electrons. The van der Waals surface area contributed by atoms with Gasteiger partial charge in [-0.15, -0.1) is 0 Å². The molecule has 0 aliphatic carbocycles. The summed E-state index contributed by atoms with van der Waals surface area (Å²) in [6.45, 7) is 8.59. The molecule has 1 rings (SSSR count). The Balaban J connectivity index is 3.01. The van der Waals surface area contributed by atoms with Crippen LogP contribution in [-0.2, 0) is 0 Å². The number of hydrogen-bond acceptors (Lipinski definition) is 3. The highest BCUT2D eigenvalue weighted by Crippen LogP contribution is 2.27. The van der Waals surface area contributed by atoms with E-state index in [-0.39, 0.29) is 11.9 Å². The van der Waals surface area contributed by atoms with Gasteiger partial charge in [-0.05, 0) is 50.6 Å². The van der Waals surface area contributed by atoms with Crippen LogP contribution in [0.25, 0.3) is 0 Å². The molecule has 0 bridgehead atoms. The summed E-state index contributed by atoms with van der Waals surface area (Å²) in [5, 5.41) is 12.1. The fourth-order valence-electron chi connectivity index (χ4n) is 2.26. The highest BCUT2D eigenvalue weighted by molar-refractivity contribution is 5.55. The van der Waals surface area contributed by atoms with Crippen molar-refractivity contribution in [2.45, 2.75) is 39.7 Å². The summed E-state index contributed by atoms with van der Waals surface area (Å²) in [7, 11) is 0. The molecule has 0 heterocycles. The van der Waals surface area contributed by atoms with Gasteiger partial charge in [0.2, 0.25) is 0 Å². The number of anilines is 1. The predicted molar refractivity (Wildman–Crippen MR) is 81.2 cm³/mol. The van der Waals surface area contributed by atoms with Gasteiger partial charge in [0.25, 0.3) is 0 Å². The van der Waals surface area contributed by atoms with E-state index in [1.165, 1.54) is 6.07 Å². The van der Waals surface area contributed by atoms with Crippen molar-refractivity contribution >= 4 is 5.69 Å². The van der Waals surface area contributed by atoms with E-state index in [1.54, 1.807) is 6.07 Å². The smallest absolute Gasteiger partial charge is 0.123 e. The van der Waals surface area contributed by atoms with Crippen molar-refractivity contribution in [2.24, 2.45) is 0 Å². The van der Waals surface area contributed by atoms with Crippen LogP contribution in [0.15, 0.2) is 18.2 Å². The van der Waals surface area contributed by atoms with Gasteiger partial charge in [-0.25, -0.2) is 4.39 Å². The Morgan fingerprint density at radius 2 is 2.15 bits per heavy atom. The van der Waals surface area contributed by atoms with Crippen LogP contribution in [0.1, 0.15) is 45.2 Å². The Kier molecular flexibility index (Phi) is 7.03. The molecule has 0 saturated carbocycles. The molecule has 0 spiro atoms. The lowest BCUT2D eigenvalue weighted by Gasteiger charge is -2.27. The molecule has 1 N–H and O–H groups in total. The van der Waals surface area contributed by atoms with Crippen LogP contribution in [0.4, 0.5) is 10.1 Å².